The lowest BCUT2D eigenvalue weighted by Gasteiger charge is -2.40. The Morgan fingerprint density at radius 3 is 2.30 bits per heavy atom. The van der Waals surface area contributed by atoms with E-state index in [4.69, 9.17) is 14.2 Å². The Balaban J connectivity index is 2.02. The molecule has 0 amide bonds. The number of hydrogen-bond acceptors (Lipinski definition) is 5. The Hall–Kier alpha value is -1.88. The summed E-state index contributed by atoms with van der Waals surface area (Å²) in [7, 11) is 2.56. The Bertz CT molecular complexity index is 524. The molecule has 1 aromatic carbocycles. The number of methoxy groups -OCH3 is 2. The van der Waals surface area contributed by atoms with Gasteiger partial charge in [0.25, 0.3) is 0 Å². The van der Waals surface area contributed by atoms with Gasteiger partial charge in [-0.2, -0.15) is 0 Å². The number of benzene rings is 1. The quantitative estimate of drug-likeness (QED) is 0.616. The highest BCUT2D eigenvalue weighted by Crippen LogP contribution is 2.40. The summed E-state index contributed by atoms with van der Waals surface area (Å²) in [5.74, 6) is -1.17. The van der Waals surface area contributed by atoms with Gasteiger partial charge in [0.15, 0.2) is 5.41 Å². The maximum absolute atomic E-state index is 12.2. The largest absolute Gasteiger partial charge is 0.468 e. The predicted molar refractivity (Wildman–Crippen MR) is 84.8 cm³/mol. The first-order chi connectivity index (χ1) is 11.0. The van der Waals surface area contributed by atoms with E-state index in [-0.39, 0.29) is 6.10 Å². The van der Waals surface area contributed by atoms with Gasteiger partial charge in [-0.3, -0.25) is 9.59 Å². The summed E-state index contributed by atoms with van der Waals surface area (Å²) in [6, 6.07) is 10.2. The first-order valence-corrected chi connectivity index (χ1v) is 7.90. The summed E-state index contributed by atoms with van der Waals surface area (Å²) in [6.07, 6.45) is 2.22. The van der Waals surface area contributed by atoms with Crippen molar-refractivity contribution in [3.8, 4) is 0 Å². The van der Waals surface area contributed by atoms with Crippen molar-refractivity contribution in [2.45, 2.75) is 44.8 Å². The third-order valence-corrected chi connectivity index (χ3v) is 4.65. The normalized spacial score (nSPS) is 23.1. The lowest BCUT2D eigenvalue weighted by atomic mass is 9.75. The molecule has 1 aromatic rings. The monoisotopic (exact) mass is 320 g/mol. The van der Waals surface area contributed by atoms with Crippen molar-refractivity contribution < 1.29 is 23.8 Å². The number of hydrogen-bond donors (Lipinski definition) is 0. The van der Waals surface area contributed by atoms with E-state index in [2.05, 4.69) is 12.1 Å². The molecule has 0 aliphatic carbocycles. The zero-order valence-electron chi connectivity index (χ0n) is 13.9. The molecule has 1 aliphatic heterocycles. The van der Waals surface area contributed by atoms with Crippen molar-refractivity contribution in [2.24, 2.45) is 5.41 Å². The van der Waals surface area contributed by atoms with Crippen LogP contribution in [0.5, 0.6) is 0 Å². The average Bonchev–Trinajstić information content (AvgIpc) is 2.59. The van der Waals surface area contributed by atoms with Crippen molar-refractivity contribution >= 4 is 11.9 Å². The van der Waals surface area contributed by atoms with Gasteiger partial charge in [0.05, 0.1) is 26.4 Å². The maximum atomic E-state index is 12.2. The summed E-state index contributed by atoms with van der Waals surface area (Å²) < 4.78 is 15.6. The third-order valence-electron chi connectivity index (χ3n) is 4.65. The van der Waals surface area contributed by atoms with E-state index in [1.165, 1.54) is 19.8 Å². The molecule has 1 aliphatic rings. The molecule has 5 nitrogen and oxygen atoms in total. The van der Waals surface area contributed by atoms with Crippen molar-refractivity contribution in [1.29, 1.82) is 0 Å². The second-order valence-corrected chi connectivity index (χ2v) is 5.92. The third kappa shape index (κ3) is 3.55. The van der Waals surface area contributed by atoms with Crippen LogP contribution in [0.3, 0.4) is 0 Å². The molecule has 2 atom stereocenters. The molecule has 1 heterocycles. The molecule has 0 N–H and O–H groups in total. The fraction of sp³-hybridized carbons (Fsp3) is 0.556. The van der Waals surface area contributed by atoms with Gasteiger partial charge in [0.1, 0.15) is 0 Å². The Morgan fingerprint density at radius 2 is 1.78 bits per heavy atom. The predicted octanol–water partition coefficient (Wildman–Crippen LogP) is 2.52. The zero-order valence-corrected chi connectivity index (χ0v) is 13.9. The van der Waals surface area contributed by atoms with Crippen LogP contribution >= 0.6 is 0 Å². The number of aryl methyl sites for hydroxylation is 1. The SMILES string of the molecule is COC(=O)C1(C(=O)OC)CC[C@@H](CCc2ccccc2)O[C@H]1C. The van der Waals surface area contributed by atoms with Gasteiger partial charge < -0.3 is 14.2 Å². The van der Waals surface area contributed by atoms with Gasteiger partial charge in [-0.15, -0.1) is 0 Å². The smallest absolute Gasteiger partial charge is 0.325 e. The van der Waals surface area contributed by atoms with E-state index in [1.807, 2.05) is 18.2 Å². The highest BCUT2D eigenvalue weighted by Gasteiger charge is 2.56. The lowest BCUT2D eigenvalue weighted by Crippen LogP contribution is -2.54. The molecule has 0 saturated carbocycles. The van der Waals surface area contributed by atoms with Crippen LogP contribution in [0.4, 0.5) is 0 Å². The Labute approximate surface area is 136 Å². The van der Waals surface area contributed by atoms with E-state index >= 15 is 0 Å². The van der Waals surface area contributed by atoms with Gasteiger partial charge in [-0.25, -0.2) is 0 Å². The van der Waals surface area contributed by atoms with Crippen molar-refractivity contribution in [3.63, 3.8) is 0 Å². The van der Waals surface area contributed by atoms with Crippen LogP contribution in [-0.4, -0.2) is 38.4 Å². The molecule has 2 rings (SSSR count). The van der Waals surface area contributed by atoms with Gasteiger partial charge in [-0.1, -0.05) is 30.3 Å². The lowest BCUT2D eigenvalue weighted by molar-refractivity contribution is -0.194. The van der Waals surface area contributed by atoms with Crippen LogP contribution in [0.25, 0.3) is 0 Å². The molecule has 5 heteroatoms. The summed E-state index contributed by atoms with van der Waals surface area (Å²) >= 11 is 0. The molecular weight excluding hydrogens is 296 g/mol. The minimum Gasteiger partial charge on any atom is -0.468 e. The van der Waals surface area contributed by atoms with Gasteiger partial charge in [-0.05, 0) is 38.2 Å². The molecular formula is C18H24O5. The van der Waals surface area contributed by atoms with Gasteiger partial charge in [0, 0.05) is 0 Å². The average molecular weight is 320 g/mol. The first kappa shape index (κ1) is 17.5. The number of ether oxygens (including phenoxy) is 3. The summed E-state index contributed by atoms with van der Waals surface area (Å²) in [6.45, 7) is 1.74. The first-order valence-electron chi connectivity index (χ1n) is 7.90. The fourth-order valence-electron chi connectivity index (χ4n) is 3.23. The Morgan fingerprint density at radius 1 is 1.17 bits per heavy atom. The van der Waals surface area contributed by atoms with Gasteiger partial charge in [0.2, 0.25) is 0 Å². The van der Waals surface area contributed by atoms with E-state index in [9.17, 15) is 9.59 Å². The minimum atomic E-state index is -1.35. The standard InChI is InChI=1S/C18H24O5/c1-13-18(16(19)21-2,17(20)22-3)12-11-15(23-13)10-9-14-7-5-4-6-8-14/h4-8,13,15H,9-12H2,1-3H3/t13-,15+/m0/s1. The fourth-order valence-corrected chi connectivity index (χ4v) is 3.23. The zero-order chi connectivity index (χ0) is 16.9. The van der Waals surface area contributed by atoms with Crippen LogP contribution in [0, 0.1) is 5.41 Å². The number of rotatable bonds is 5. The van der Waals surface area contributed by atoms with Crippen LogP contribution < -0.4 is 0 Å². The van der Waals surface area contributed by atoms with E-state index in [0.29, 0.717) is 12.8 Å². The van der Waals surface area contributed by atoms with E-state index in [0.717, 1.165) is 12.8 Å². The number of esters is 2. The molecule has 0 unspecified atom stereocenters. The Kier molecular flexibility index (Phi) is 5.77. The topological polar surface area (TPSA) is 61.8 Å². The maximum Gasteiger partial charge on any atom is 0.325 e. The molecule has 0 bridgehead atoms. The second-order valence-electron chi connectivity index (χ2n) is 5.92. The highest BCUT2D eigenvalue weighted by atomic mass is 16.6. The second kappa shape index (κ2) is 7.59. The number of carbonyl (C=O) groups excluding carboxylic acids is 2. The number of carbonyl (C=O) groups is 2. The van der Waals surface area contributed by atoms with Crippen LogP contribution in [0.15, 0.2) is 30.3 Å². The van der Waals surface area contributed by atoms with Crippen LogP contribution in [0.2, 0.25) is 0 Å². The van der Waals surface area contributed by atoms with E-state index < -0.39 is 23.5 Å². The highest BCUT2D eigenvalue weighted by molar-refractivity contribution is 6.00. The summed E-state index contributed by atoms with van der Waals surface area (Å²) in [5.41, 5.74) is -0.103. The summed E-state index contributed by atoms with van der Waals surface area (Å²) in [5, 5.41) is 0. The molecule has 1 fully saturated rings. The van der Waals surface area contributed by atoms with Crippen molar-refractivity contribution in [1.82, 2.24) is 0 Å². The van der Waals surface area contributed by atoms with Gasteiger partial charge >= 0.3 is 11.9 Å². The van der Waals surface area contributed by atoms with Crippen LogP contribution in [0.1, 0.15) is 31.7 Å². The van der Waals surface area contributed by atoms with Crippen LogP contribution in [-0.2, 0) is 30.2 Å². The molecule has 0 spiro atoms. The van der Waals surface area contributed by atoms with Crippen molar-refractivity contribution in [2.75, 3.05) is 14.2 Å². The van der Waals surface area contributed by atoms with Crippen molar-refractivity contribution in [3.05, 3.63) is 35.9 Å². The minimum absolute atomic E-state index is 0.0210. The molecule has 0 radical (unpaired) electrons. The molecule has 1 saturated heterocycles. The van der Waals surface area contributed by atoms with E-state index in [1.54, 1.807) is 6.92 Å². The molecule has 23 heavy (non-hydrogen) atoms. The molecule has 0 aromatic heterocycles. The summed E-state index contributed by atoms with van der Waals surface area (Å²) in [4.78, 5) is 24.4. The molecule has 126 valence electrons.